The molecule has 2 radical (unpaired) electrons. The maximum atomic E-state index is 14.6. The van der Waals surface area contributed by atoms with E-state index >= 15 is 0 Å². The second-order valence-corrected chi connectivity index (χ2v) is 11.3. The number of aliphatic hydroxyl groups is 2. The number of anilines is 1. The molecule has 0 aliphatic carbocycles. The van der Waals surface area contributed by atoms with E-state index in [4.69, 9.17) is 7.85 Å². The Balaban J connectivity index is 1.73. The molecule has 2 aliphatic rings. The van der Waals surface area contributed by atoms with Crippen molar-refractivity contribution in [2.75, 3.05) is 23.7 Å². The maximum absolute atomic E-state index is 14.6. The van der Waals surface area contributed by atoms with Crippen molar-refractivity contribution in [1.82, 2.24) is 14.5 Å². The van der Waals surface area contributed by atoms with Crippen LogP contribution in [0.2, 0.25) is 0 Å². The van der Waals surface area contributed by atoms with Crippen molar-refractivity contribution >= 4 is 42.2 Å². The summed E-state index contributed by atoms with van der Waals surface area (Å²) in [5, 5.41) is 19.4. The number of amides is 1. The SMILES string of the molecule is [B]/C(O)=C(\O)C(=O)N1C(C)CN(c2nc(=O)n3c4c(c(-c5ccc(F)cc5)c(C(F)(F)F)cc24)SCCC3)CC1C. The number of aliphatic hydroxyl groups excluding tert-OH is 2. The molecular weight excluding hydrogens is 563 g/mol. The van der Waals surface area contributed by atoms with Crippen molar-refractivity contribution < 1.29 is 32.6 Å². The molecule has 3 heterocycles. The Labute approximate surface area is 237 Å². The van der Waals surface area contributed by atoms with E-state index in [2.05, 4.69) is 4.98 Å². The summed E-state index contributed by atoms with van der Waals surface area (Å²) >= 11 is 1.21. The summed E-state index contributed by atoms with van der Waals surface area (Å²) < 4.78 is 59.0. The van der Waals surface area contributed by atoms with Crippen LogP contribution in [0.1, 0.15) is 25.8 Å². The van der Waals surface area contributed by atoms with Gasteiger partial charge < -0.3 is 20.0 Å². The lowest BCUT2D eigenvalue weighted by atomic mass is 9.96. The number of carbonyl (C=O) groups is 1. The quantitative estimate of drug-likeness (QED) is 0.200. The van der Waals surface area contributed by atoms with Crippen LogP contribution >= 0.6 is 11.8 Å². The Bertz CT molecular complexity index is 1610. The first-order valence-electron chi connectivity index (χ1n) is 12.8. The lowest BCUT2D eigenvalue weighted by molar-refractivity contribution is -0.137. The first kappa shape index (κ1) is 28.8. The van der Waals surface area contributed by atoms with Crippen LogP contribution in [0.4, 0.5) is 23.4 Å². The van der Waals surface area contributed by atoms with E-state index < -0.39 is 52.7 Å². The van der Waals surface area contributed by atoms with Gasteiger partial charge in [0, 0.05) is 47.6 Å². The molecule has 2 N–H and O–H groups in total. The number of aromatic nitrogens is 2. The number of hydrogen-bond acceptors (Lipinski definition) is 7. The van der Waals surface area contributed by atoms with Gasteiger partial charge in [0.2, 0.25) is 5.76 Å². The van der Waals surface area contributed by atoms with Gasteiger partial charge in [-0.05, 0) is 49.8 Å². The van der Waals surface area contributed by atoms with Crippen LogP contribution in [0.3, 0.4) is 0 Å². The summed E-state index contributed by atoms with van der Waals surface area (Å²) in [6.07, 6.45) is -4.25. The van der Waals surface area contributed by atoms with Crippen LogP contribution in [-0.2, 0) is 17.5 Å². The van der Waals surface area contributed by atoms with Crippen LogP contribution < -0.4 is 10.6 Å². The normalized spacial score (nSPS) is 20.1. The fourth-order valence-electron chi connectivity index (χ4n) is 5.63. The summed E-state index contributed by atoms with van der Waals surface area (Å²) in [7, 11) is 5.17. The lowest BCUT2D eigenvalue weighted by Crippen LogP contribution is -2.59. The van der Waals surface area contributed by atoms with Crippen molar-refractivity contribution in [1.29, 1.82) is 0 Å². The summed E-state index contributed by atoms with van der Waals surface area (Å²) in [5.41, 5.74) is -2.20. The molecule has 8 nitrogen and oxygen atoms in total. The first-order valence-corrected chi connectivity index (χ1v) is 13.8. The monoisotopic (exact) mass is 588 g/mol. The van der Waals surface area contributed by atoms with Crippen molar-refractivity contribution in [3.63, 3.8) is 0 Å². The fraction of sp³-hybridized carbons (Fsp3) is 0.370. The molecule has 1 fully saturated rings. The molecule has 14 heteroatoms. The number of nitrogens with zero attached hydrogens (tertiary/aromatic N) is 4. The van der Waals surface area contributed by atoms with Crippen molar-refractivity contribution in [2.45, 2.75) is 50.0 Å². The minimum Gasteiger partial charge on any atom is -0.520 e. The molecule has 2 unspecified atom stereocenters. The zero-order chi connectivity index (χ0) is 29.8. The van der Waals surface area contributed by atoms with E-state index in [0.29, 0.717) is 17.7 Å². The Hall–Kier alpha value is -3.68. The largest absolute Gasteiger partial charge is 0.520 e. The maximum Gasteiger partial charge on any atom is 0.417 e. The highest BCUT2D eigenvalue weighted by atomic mass is 32.2. The number of hydrogen-bond donors (Lipinski definition) is 2. The standard InChI is InChI=1S/C27H25BF4N4O4S/c1-13-11-34(12-14(2)36(13)25(39)21(37)23(28)38)24-17-10-18(27(30,31)32)19(15-4-6-16(29)7-5-15)22-20(17)35(26(40)33-24)8-3-9-41-22/h4-7,10,13-14,37-38H,3,8-9,11-12H2,1-2H3/b23-21+. The third-order valence-corrected chi connectivity index (χ3v) is 8.49. The Morgan fingerprint density at radius 1 is 1.12 bits per heavy atom. The molecule has 214 valence electrons. The molecule has 0 saturated carbocycles. The smallest absolute Gasteiger partial charge is 0.417 e. The molecule has 0 spiro atoms. The summed E-state index contributed by atoms with van der Waals surface area (Å²) in [6, 6.07) is 4.57. The highest BCUT2D eigenvalue weighted by molar-refractivity contribution is 7.99. The Kier molecular flexibility index (Phi) is 7.47. The first-order chi connectivity index (χ1) is 19.3. The van der Waals surface area contributed by atoms with Crippen LogP contribution in [0.15, 0.2) is 51.4 Å². The zero-order valence-electron chi connectivity index (χ0n) is 22.1. The minimum absolute atomic E-state index is 0.0494. The number of thioether (sulfide) groups is 1. The van der Waals surface area contributed by atoms with Gasteiger partial charge in [0.25, 0.3) is 5.91 Å². The van der Waals surface area contributed by atoms with Crippen LogP contribution in [-0.4, -0.2) is 69.3 Å². The molecule has 2 aliphatic heterocycles. The van der Waals surface area contributed by atoms with Gasteiger partial charge in [-0.2, -0.15) is 18.2 Å². The average molecular weight is 588 g/mol. The second-order valence-electron chi connectivity index (χ2n) is 10.2. The van der Waals surface area contributed by atoms with E-state index in [9.17, 15) is 37.4 Å². The number of alkyl halides is 3. The molecular formula is C27H25BF4N4O4S. The van der Waals surface area contributed by atoms with Crippen molar-refractivity contribution in [3.8, 4) is 11.1 Å². The lowest BCUT2D eigenvalue weighted by Gasteiger charge is -2.45. The number of rotatable bonds is 3. The molecule has 1 aromatic heterocycles. The second kappa shape index (κ2) is 10.6. The predicted octanol–water partition coefficient (Wildman–Crippen LogP) is 4.60. The Morgan fingerprint density at radius 2 is 1.76 bits per heavy atom. The van der Waals surface area contributed by atoms with Crippen molar-refractivity contribution in [3.05, 3.63) is 63.6 Å². The number of aryl methyl sites for hydroxylation is 1. The van der Waals surface area contributed by atoms with Gasteiger partial charge in [0.05, 0.1) is 16.7 Å². The average Bonchev–Trinajstić information content (AvgIpc) is 3.13. The van der Waals surface area contributed by atoms with Gasteiger partial charge >= 0.3 is 11.9 Å². The molecule has 0 bridgehead atoms. The van der Waals surface area contributed by atoms with E-state index in [1.54, 1.807) is 18.7 Å². The van der Waals surface area contributed by atoms with E-state index in [-0.39, 0.29) is 46.9 Å². The van der Waals surface area contributed by atoms with Crippen LogP contribution in [0, 0.1) is 5.82 Å². The topological polar surface area (TPSA) is 98.9 Å². The third kappa shape index (κ3) is 5.13. The number of benzene rings is 2. The van der Waals surface area contributed by atoms with Gasteiger partial charge in [-0.15, -0.1) is 11.8 Å². The van der Waals surface area contributed by atoms with Crippen LogP contribution in [0.25, 0.3) is 22.0 Å². The highest BCUT2D eigenvalue weighted by Gasteiger charge is 2.40. The van der Waals surface area contributed by atoms with Crippen LogP contribution in [0.5, 0.6) is 0 Å². The highest BCUT2D eigenvalue weighted by Crippen LogP contribution is 2.48. The minimum atomic E-state index is -4.78. The zero-order valence-corrected chi connectivity index (χ0v) is 22.9. The van der Waals surface area contributed by atoms with Gasteiger partial charge in [-0.1, -0.05) is 12.1 Å². The predicted molar refractivity (Wildman–Crippen MR) is 148 cm³/mol. The van der Waals surface area contributed by atoms with Gasteiger partial charge in [0.1, 0.15) is 11.6 Å². The van der Waals surface area contributed by atoms with Crippen molar-refractivity contribution in [2.24, 2.45) is 0 Å². The molecule has 2 atom stereocenters. The Morgan fingerprint density at radius 3 is 2.34 bits per heavy atom. The van der Waals surface area contributed by atoms with E-state index in [1.807, 2.05) is 0 Å². The van der Waals surface area contributed by atoms with Gasteiger partial charge in [-0.3, -0.25) is 9.36 Å². The summed E-state index contributed by atoms with van der Waals surface area (Å²) in [4.78, 5) is 33.5. The molecule has 1 saturated heterocycles. The van der Waals surface area contributed by atoms with E-state index in [0.717, 1.165) is 18.2 Å². The molecule has 41 heavy (non-hydrogen) atoms. The van der Waals surface area contributed by atoms with Gasteiger partial charge in [0.15, 0.2) is 7.85 Å². The van der Waals surface area contributed by atoms with E-state index in [1.165, 1.54) is 33.4 Å². The molecule has 2 aromatic carbocycles. The summed E-state index contributed by atoms with van der Waals surface area (Å²) in [6.45, 7) is 3.73. The third-order valence-electron chi connectivity index (χ3n) is 7.31. The molecule has 1 amide bonds. The molecule has 5 rings (SSSR count). The summed E-state index contributed by atoms with van der Waals surface area (Å²) in [5.74, 6) is -1.98. The number of piperazine rings is 1. The number of halogens is 4. The van der Waals surface area contributed by atoms with Gasteiger partial charge in [-0.25, -0.2) is 9.18 Å². The molecule has 3 aromatic rings. The fourth-order valence-corrected chi connectivity index (χ4v) is 6.84. The number of carbonyl (C=O) groups excluding carboxylic acids is 1.